The van der Waals surface area contributed by atoms with Gasteiger partial charge in [-0.25, -0.2) is 9.59 Å². The van der Waals surface area contributed by atoms with Crippen LogP contribution in [0.2, 0.25) is 0 Å². The molecule has 0 aromatic rings. The summed E-state index contributed by atoms with van der Waals surface area (Å²) in [6, 6.07) is 0. The van der Waals surface area contributed by atoms with Crippen molar-refractivity contribution in [3.05, 3.63) is 25.3 Å². The summed E-state index contributed by atoms with van der Waals surface area (Å²) >= 11 is 0. The van der Waals surface area contributed by atoms with Crippen molar-refractivity contribution in [2.75, 3.05) is 53.2 Å². The molecule has 114 heavy (non-hydrogen) atoms. The highest BCUT2D eigenvalue weighted by Crippen LogP contribution is 2.36. The normalized spacial score (nSPS) is 12.2. The molecule has 2 amide bonds. The van der Waals surface area contributed by atoms with Gasteiger partial charge in [-0.1, -0.05) is 382 Å². The predicted molar refractivity (Wildman–Crippen MR) is 474 cm³/mol. The number of rotatable bonds is 88. The molecule has 16 nitrogen and oxygen atoms in total. The molecule has 16 heteroatoms. The van der Waals surface area contributed by atoms with Gasteiger partial charge >= 0.3 is 35.8 Å². The Balaban J connectivity index is 0. The van der Waals surface area contributed by atoms with Gasteiger partial charge in [0.2, 0.25) is 11.8 Å². The van der Waals surface area contributed by atoms with E-state index in [0.29, 0.717) is 71.4 Å². The van der Waals surface area contributed by atoms with E-state index in [1.165, 1.54) is 315 Å². The van der Waals surface area contributed by atoms with E-state index in [0.717, 1.165) is 126 Å². The minimum absolute atomic E-state index is 0.0168. The second kappa shape index (κ2) is 90.6. The summed E-state index contributed by atoms with van der Waals surface area (Å²) in [4.78, 5) is 94.7. The van der Waals surface area contributed by atoms with Gasteiger partial charge in [0.25, 0.3) is 0 Å². The Bertz CT molecular complexity index is 2210. The zero-order valence-corrected chi connectivity index (χ0v) is 75.3. The topological polar surface area (TPSA) is 216 Å². The maximum absolute atomic E-state index is 12.8. The van der Waals surface area contributed by atoms with E-state index in [4.69, 9.17) is 23.7 Å². The first-order valence-corrected chi connectivity index (χ1v) is 48.4. The van der Waals surface area contributed by atoms with E-state index in [1.54, 1.807) is 0 Å². The Kier molecular flexibility index (Phi) is 88.4. The van der Waals surface area contributed by atoms with E-state index < -0.39 is 5.97 Å². The lowest BCUT2D eigenvalue weighted by molar-refractivity contribution is -0.149. The van der Waals surface area contributed by atoms with Crippen LogP contribution in [0, 0.1) is 23.7 Å². The van der Waals surface area contributed by atoms with Crippen LogP contribution in [0.4, 0.5) is 0 Å². The summed E-state index contributed by atoms with van der Waals surface area (Å²) in [5.41, 5.74) is 0. The van der Waals surface area contributed by atoms with Gasteiger partial charge in [-0.3, -0.25) is 28.8 Å². The molecule has 0 radical (unpaired) electrons. The SMILES string of the molecule is C=CC(=O)OCCC.C=CC(=O)OCCOC(=O)CCCCCOC(=O)CCCCCCCCC(CCCCCCCC)C(CCCCCCCC)CCCCCCCCC(=O)NCCNC(=O)CCCCCCCCC(CCCCCCCC)C(CCCCCCCC)CCCCCCCCC(=O)OCCCCCC(=O)OC. The highest BCUT2D eigenvalue weighted by molar-refractivity contribution is 5.81. The van der Waals surface area contributed by atoms with Gasteiger partial charge in [-0.15, -0.1) is 0 Å². The average molecular weight is 1610 g/mol. The number of unbranched alkanes of at least 4 members (excludes halogenated alkanes) is 44. The molecule has 0 spiro atoms. The number of methoxy groups -OCH3 is 1. The number of hydrogen-bond acceptors (Lipinski definition) is 14. The fourth-order valence-corrected chi connectivity index (χ4v) is 15.8. The Labute approximate surface area is 701 Å². The second-order valence-electron chi connectivity index (χ2n) is 33.2. The standard InChI is InChI=1S/C92H172N2O12.C6H10O2/c1-7-12-16-20-32-46-62-82(84(64-48-34-22-18-14-9-3)68-52-38-26-30-42-56-73-90(99)103-78-60-44-58-72-89(98)102-6)66-50-36-24-28-40-54-70-86(95)93-76-77-94-87(96)71-55-41-29-25-37-51-67-83(63-47-33-21-17-13-8-2)85(65-49-35-23-19-15-10-4)69-53-39-27-31-43-57-74-91(100)104-79-61-45-59-75-92(101)106-81-80-105-88(97)11-5;1-3-5-8-6(7)4-2/h11,82-85H,5,7-10,12-81H2,1-4,6H3,(H,93,95)(H,94,96);4H,2-3,5H2,1H3. The van der Waals surface area contributed by atoms with E-state index in [9.17, 15) is 38.4 Å². The van der Waals surface area contributed by atoms with E-state index in [2.05, 4.69) is 56.2 Å². The number of hydrogen-bond donors (Lipinski definition) is 2. The lowest BCUT2D eigenvalue weighted by Gasteiger charge is -2.28. The van der Waals surface area contributed by atoms with Crippen LogP contribution in [-0.2, 0) is 66.8 Å². The molecule has 0 aliphatic carbocycles. The molecule has 0 bridgehead atoms. The Hall–Kier alpha value is -4.76. The van der Waals surface area contributed by atoms with Gasteiger partial charge in [0.15, 0.2) is 0 Å². The van der Waals surface area contributed by atoms with Gasteiger partial charge in [-0.05, 0) is 94.3 Å². The third-order valence-electron chi connectivity index (χ3n) is 22.9. The minimum atomic E-state index is -0.539. The van der Waals surface area contributed by atoms with Crippen molar-refractivity contribution in [3.8, 4) is 0 Å². The molecule has 0 saturated heterocycles. The lowest BCUT2D eigenvalue weighted by atomic mass is 9.78. The molecule has 4 atom stereocenters. The summed E-state index contributed by atoms with van der Waals surface area (Å²) in [7, 11) is 1.41. The fourth-order valence-electron chi connectivity index (χ4n) is 15.8. The smallest absolute Gasteiger partial charge is 0.330 e. The zero-order chi connectivity index (χ0) is 83.7. The molecule has 0 aliphatic heterocycles. The van der Waals surface area contributed by atoms with Crippen molar-refractivity contribution in [2.45, 2.75) is 478 Å². The van der Waals surface area contributed by atoms with Crippen molar-refractivity contribution in [1.82, 2.24) is 10.6 Å². The van der Waals surface area contributed by atoms with Crippen LogP contribution in [0.3, 0.4) is 0 Å². The van der Waals surface area contributed by atoms with Crippen LogP contribution in [0.15, 0.2) is 25.3 Å². The largest absolute Gasteiger partial charge is 0.469 e. The predicted octanol–water partition coefficient (Wildman–Crippen LogP) is 26.9. The van der Waals surface area contributed by atoms with Crippen molar-refractivity contribution < 1.29 is 66.8 Å². The van der Waals surface area contributed by atoms with Crippen LogP contribution >= 0.6 is 0 Å². The molecule has 2 N–H and O–H groups in total. The van der Waals surface area contributed by atoms with Gasteiger partial charge in [0.1, 0.15) is 13.2 Å². The fraction of sp³-hybridized carbons (Fsp3) is 0.878. The minimum Gasteiger partial charge on any atom is -0.469 e. The third kappa shape index (κ3) is 82.3. The first-order chi connectivity index (χ1) is 55.7. The lowest BCUT2D eigenvalue weighted by Crippen LogP contribution is -2.34. The summed E-state index contributed by atoms with van der Waals surface area (Å²) in [6.07, 6.45) is 82.3. The quantitative estimate of drug-likeness (QED) is 0.0251. The highest BCUT2D eigenvalue weighted by Gasteiger charge is 2.23. The van der Waals surface area contributed by atoms with Crippen molar-refractivity contribution >= 4 is 47.6 Å². The zero-order valence-electron chi connectivity index (χ0n) is 75.3. The van der Waals surface area contributed by atoms with E-state index >= 15 is 0 Å². The molecule has 0 rings (SSSR count). The number of esters is 6. The van der Waals surface area contributed by atoms with E-state index in [-0.39, 0.29) is 61.3 Å². The van der Waals surface area contributed by atoms with Gasteiger partial charge in [0.05, 0.1) is 26.9 Å². The Morgan fingerprint density at radius 2 is 0.447 bits per heavy atom. The van der Waals surface area contributed by atoms with Crippen molar-refractivity contribution in [3.63, 3.8) is 0 Å². The maximum atomic E-state index is 12.8. The molecular weight excluding hydrogens is 1430 g/mol. The molecule has 0 saturated carbocycles. The molecule has 0 heterocycles. The monoisotopic (exact) mass is 1610 g/mol. The van der Waals surface area contributed by atoms with Crippen LogP contribution in [0.25, 0.3) is 0 Å². The van der Waals surface area contributed by atoms with Crippen molar-refractivity contribution in [1.29, 1.82) is 0 Å². The molecular formula is C98H182N2O14. The van der Waals surface area contributed by atoms with Crippen LogP contribution < -0.4 is 10.6 Å². The van der Waals surface area contributed by atoms with Gasteiger partial charge in [-0.2, -0.15) is 0 Å². The van der Waals surface area contributed by atoms with Crippen molar-refractivity contribution in [2.24, 2.45) is 23.7 Å². The molecule has 668 valence electrons. The Morgan fingerprint density at radius 1 is 0.237 bits per heavy atom. The summed E-state index contributed by atoms with van der Waals surface area (Å²) < 4.78 is 30.1. The number of amides is 2. The van der Waals surface area contributed by atoms with Crippen LogP contribution in [-0.4, -0.2) is 101 Å². The summed E-state index contributed by atoms with van der Waals surface area (Å²) in [6.45, 7) is 20.1. The number of carbonyl (C=O) groups is 8. The first kappa shape index (κ1) is 111. The maximum Gasteiger partial charge on any atom is 0.330 e. The highest BCUT2D eigenvalue weighted by atomic mass is 16.6. The molecule has 0 aliphatic rings. The molecule has 0 fully saturated rings. The Morgan fingerprint density at radius 3 is 0.702 bits per heavy atom. The summed E-state index contributed by atoms with van der Waals surface area (Å²) in [5, 5.41) is 6.12. The van der Waals surface area contributed by atoms with Gasteiger partial charge < -0.3 is 39.1 Å². The number of carbonyl (C=O) groups excluding carboxylic acids is 8. The number of nitrogens with one attached hydrogen (secondary N) is 2. The third-order valence-corrected chi connectivity index (χ3v) is 22.9. The molecule has 0 aromatic carbocycles. The first-order valence-electron chi connectivity index (χ1n) is 48.4. The summed E-state index contributed by atoms with van der Waals surface area (Å²) in [5.74, 6) is 1.93. The second-order valence-corrected chi connectivity index (χ2v) is 33.2. The average Bonchev–Trinajstić information content (AvgIpc) is 0.919. The molecule has 0 aromatic heterocycles. The van der Waals surface area contributed by atoms with E-state index in [1.807, 2.05) is 6.92 Å². The van der Waals surface area contributed by atoms with Crippen LogP contribution in [0.5, 0.6) is 0 Å². The number of ether oxygens (including phenoxy) is 6. The van der Waals surface area contributed by atoms with Crippen LogP contribution in [0.1, 0.15) is 478 Å². The van der Waals surface area contributed by atoms with Gasteiger partial charge in [0, 0.05) is 63.8 Å². The molecule has 4 unspecified atom stereocenters.